The lowest BCUT2D eigenvalue weighted by Crippen LogP contribution is -1.99. The number of thioether (sulfide) groups is 1. The monoisotopic (exact) mass is 299 g/mol. The van der Waals surface area contributed by atoms with Gasteiger partial charge < -0.3 is 4.57 Å². The first-order chi connectivity index (χ1) is 10.1. The van der Waals surface area contributed by atoms with Crippen molar-refractivity contribution in [1.82, 2.24) is 24.1 Å². The number of aryl methyl sites for hydroxylation is 2. The lowest BCUT2D eigenvalue weighted by Gasteiger charge is -2.04. The number of fused-ring (bicyclic) bond motifs is 1. The summed E-state index contributed by atoms with van der Waals surface area (Å²) in [5, 5.41) is 9.48. The van der Waals surface area contributed by atoms with Crippen molar-refractivity contribution in [2.45, 2.75) is 19.0 Å². The van der Waals surface area contributed by atoms with Gasteiger partial charge in [-0.05, 0) is 31.5 Å². The van der Waals surface area contributed by atoms with Crippen molar-refractivity contribution in [2.75, 3.05) is 5.75 Å². The zero-order valence-electron chi connectivity index (χ0n) is 12.4. The topological polar surface area (TPSA) is 48.0 Å². The summed E-state index contributed by atoms with van der Waals surface area (Å²) in [6, 6.07) is 4.14. The van der Waals surface area contributed by atoms with E-state index in [4.69, 9.17) is 0 Å². The molecule has 0 amide bonds. The zero-order valence-corrected chi connectivity index (χ0v) is 13.2. The van der Waals surface area contributed by atoms with Gasteiger partial charge in [0.2, 0.25) is 0 Å². The molecule has 0 saturated heterocycles. The van der Waals surface area contributed by atoms with Crippen LogP contribution in [0.3, 0.4) is 0 Å². The van der Waals surface area contributed by atoms with Gasteiger partial charge in [-0.15, -0.1) is 16.8 Å². The van der Waals surface area contributed by atoms with Crippen LogP contribution in [0.4, 0.5) is 0 Å². The van der Waals surface area contributed by atoms with E-state index in [2.05, 4.69) is 45.2 Å². The van der Waals surface area contributed by atoms with Crippen LogP contribution in [0.2, 0.25) is 0 Å². The Labute approximate surface area is 127 Å². The predicted molar refractivity (Wildman–Crippen MR) is 85.6 cm³/mol. The number of imidazole rings is 1. The molecule has 108 valence electrons. The van der Waals surface area contributed by atoms with E-state index < -0.39 is 0 Å². The van der Waals surface area contributed by atoms with Gasteiger partial charge in [0.25, 0.3) is 0 Å². The molecule has 0 atom stereocenters. The lowest BCUT2D eigenvalue weighted by molar-refractivity contribution is 0.792. The van der Waals surface area contributed by atoms with Crippen molar-refractivity contribution < 1.29 is 0 Å². The Bertz CT molecular complexity index is 815. The van der Waals surface area contributed by atoms with Crippen LogP contribution in [0.25, 0.3) is 17.2 Å². The van der Waals surface area contributed by atoms with Crippen LogP contribution in [-0.2, 0) is 7.05 Å². The van der Waals surface area contributed by atoms with Crippen molar-refractivity contribution in [2.24, 2.45) is 7.05 Å². The molecule has 0 unspecified atom stereocenters. The lowest BCUT2D eigenvalue weighted by atomic mass is 10.3. The summed E-state index contributed by atoms with van der Waals surface area (Å²) in [7, 11) is 1.98. The van der Waals surface area contributed by atoms with E-state index in [0.29, 0.717) is 0 Å². The quantitative estimate of drug-likeness (QED) is 0.549. The van der Waals surface area contributed by atoms with Crippen LogP contribution in [0, 0.1) is 13.8 Å². The molecule has 5 nitrogen and oxygen atoms in total. The van der Waals surface area contributed by atoms with Crippen LogP contribution in [0.15, 0.2) is 36.1 Å². The first-order valence-corrected chi connectivity index (χ1v) is 7.69. The molecule has 0 saturated carbocycles. The smallest absolute Gasteiger partial charge is 0.191 e. The zero-order chi connectivity index (χ0) is 15.0. The molecule has 6 heteroatoms. The molecule has 0 aliphatic heterocycles. The van der Waals surface area contributed by atoms with E-state index in [9.17, 15) is 0 Å². The summed E-state index contributed by atoms with van der Waals surface area (Å²) in [6.45, 7) is 7.80. The number of hydrogen-bond donors (Lipinski definition) is 0. The fourth-order valence-corrected chi connectivity index (χ4v) is 2.96. The van der Waals surface area contributed by atoms with E-state index in [1.54, 1.807) is 11.8 Å². The molecule has 3 aromatic rings. The first-order valence-electron chi connectivity index (χ1n) is 6.70. The molecule has 0 aliphatic carbocycles. The Morgan fingerprint density at radius 3 is 2.90 bits per heavy atom. The highest BCUT2D eigenvalue weighted by Crippen LogP contribution is 2.26. The maximum absolute atomic E-state index is 4.62. The third kappa shape index (κ3) is 2.35. The molecule has 3 aromatic heterocycles. The Kier molecular flexibility index (Phi) is 3.55. The summed E-state index contributed by atoms with van der Waals surface area (Å²) >= 11 is 1.62. The first kappa shape index (κ1) is 13.9. The number of rotatable bonds is 4. The molecule has 0 radical (unpaired) electrons. The fourth-order valence-electron chi connectivity index (χ4n) is 2.31. The van der Waals surface area contributed by atoms with E-state index in [-0.39, 0.29) is 0 Å². The van der Waals surface area contributed by atoms with Crippen molar-refractivity contribution >= 4 is 17.4 Å². The predicted octanol–water partition coefficient (Wildman–Crippen LogP) is 3.02. The van der Waals surface area contributed by atoms with E-state index in [0.717, 1.165) is 33.8 Å². The maximum Gasteiger partial charge on any atom is 0.191 e. The number of hydrogen-bond acceptors (Lipinski definition) is 4. The van der Waals surface area contributed by atoms with Crippen LogP contribution in [0.1, 0.15) is 11.3 Å². The van der Waals surface area contributed by atoms with Crippen molar-refractivity contribution in [3.63, 3.8) is 0 Å². The van der Waals surface area contributed by atoms with Crippen LogP contribution in [-0.4, -0.2) is 29.9 Å². The highest BCUT2D eigenvalue weighted by Gasteiger charge is 2.18. The third-order valence-electron chi connectivity index (χ3n) is 3.33. The molecule has 0 aliphatic rings. The molecule has 0 aromatic carbocycles. The Morgan fingerprint density at radius 1 is 1.33 bits per heavy atom. The van der Waals surface area contributed by atoms with Crippen molar-refractivity contribution in [3.8, 4) is 11.5 Å². The number of pyridine rings is 1. The minimum Gasteiger partial charge on any atom is -0.304 e. The largest absolute Gasteiger partial charge is 0.304 e. The second kappa shape index (κ2) is 5.37. The third-order valence-corrected chi connectivity index (χ3v) is 4.35. The summed E-state index contributed by atoms with van der Waals surface area (Å²) in [5.74, 6) is 1.65. The second-order valence-electron chi connectivity index (χ2n) is 4.94. The van der Waals surface area contributed by atoms with Crippen molar-refractivity contribution in [1.29, 1.82) is 0 Å². The highest BCUT2D eigenvalue weighted by molar-refractivity contribution is 7.99. The van der Waals surface area contributed by atoms with Crippen LogP contribution >= 0.6 is 11.8 Å². The van der Waals surface area contributed by atoms with E-state index in [1.165, 1.54) is 5.56 Å². The normalized spacial score (nSPS) is 11.2. The van der Waals surface area contributed by atoms with E-state index >= 15 is 0 Å². The molecule has 21 heavy (non-hydrogen) atoms. The van der Waals surface area contributed by atoms with Crippen LogP contribution in [0.5, 0.6) is 0 Å². The molecule has 3 heterocycles. The van der Waals surface area contributed by atoms with Crippen LogP contribution < -0.4 is 0 Å². The van der Waals surface area contributed by atoms with Gasteiger partial charge in [0.1, 0.15) is 11.3 Å². The van der Waals surface area contributed by atoms with Gasteiger partial charge in [0.15, 0.2) is 11.0 Å². The summed E-state index contributed by atoms with van der Waals surface area (Å²) in [6.07, 6.45) is 3.90. The summed E-state index contributed by atoms with van der Waals surface area (Å²) in [4.78, 5) is 4.62. The SMILES string of the molecule is C=CCSc1nnc(-c2c(C)nc3cc(C)ccn23)n1C. The van der Waals surface area contributed by atoms with Crippen molar-refractivity contribution in [3.05, 3.63) is 42.2 Å². The minimum atomic E-state index is 0.817. The molecular weight excluding hydrogens is 282 g/mol. The summed E-state index contributed by atoms with van der Waals surface area (Å²) < 4.78 is 4.07. The highest BCUT2D eigenvalue weighted by atomic mass is 32.2. The average molecular weight is 299 g/mol. The van der Waals surface area contributed by atoms with Gasteiger partial charge in [-0.25, -0.2) is 4.98 Å². The molecular formula is C15H17N5S. The number of aromatic nitrogens is 5. The molecule has 0 spiro atoms. The van der Waals surface area contributed by atoms with Gasteiger partial charge >= 0.3 is 0 Å². The van der Waals surface area contributed by atoms with E-state index in [1.807, 2.05) is 30.8 Å². The minimum absolute atomic E-state index is 0.817. The molecule has 0 N–H and O–H groups in total. The van der Waals surface area contributed by atoms with Gasteiger partial charge in [-0.3, -0.25) is 4.40 Å². The molecule has 0 bridgehead atoms. The molecule has 3 rings (SSSR count). The average Bonchev–Trinajstić information content (AvgIpc) is 2.95. The van der Waals surface area contributed by atoms with Gasteiger partial charge in [0, 0.05) is 19.0 Å². The summed E-state index contributed by atoms with van der Waals surface area (Å²) in [5.41, 5.74) is 4.08. The maximum atomic E-state index is 4.62. The Balaban J connectivity index is 2.14. The van der Waals surface area contributed by atoms with Gasteiger partial charge in [-0.1, -0.05) is 17.8 Å². The van der Waals surface area contributed by atoms with Gasteiger partial charge in [-0.2, -0.15) is 0 Å². The number of nitrogens with zero attached hydrogens (tertiary/aromatic N) is 5. The fraction of sp³-hybridized carbons (Fsp3) is 0.267. The second-order valence-corrected chi connectivity index (χ2v) is 5.93. The Morgan fingerprint density at radius 2 is 2.14 bits per heavy atom. The standard InChI is InChI=1S/C15H17N5S/c1-5-8-21-15-18-17-14(19(15)4)13-11(3)16-12-9-10(2)6-7-20(12)13/h5-7,9H,1,8H2,2-4H3. The molecule has 0 fully saturated rings. The Hall–Kier alpha value is -2.08. The van der Waals surface area contributed by atoms with Gasteiger partial charge in [0.05, 0.1) is 5.69 Å².